The van der Waals surface area contributed by atoms with E-state index < -0.39 is 25.7 Å². The van der Waals surface area contributed by atoms with E-state index in [1.165, 1.54) is 0 Å². The zero-order valence-electron chi connectivity index (χ0n) is 16.5. The highest BCUT2D eigenvalue weighted by atomic mass is 28.5. The van der Waals surface area contributed by atoms with Crippen molar-refractivity contribution in [3.05, 3.63) is 0 Å². The van der Waals surface area contributed by atoms with E-state index in [0.717, 1.165) is 56.7 Å². The second-order valence-electron chi connectivity index (χ2n) is 7.16. The molecule has 3 unspecified atom stereocenters. The normalized spacial score (nSPS) is 19.8. The molecular formula is C16H40O4Si3. The molecule has 0 spiro atoms. The van der Waals surface area contributed by atoms with E-state index in [2.05, 4.69) is 33.9 Å². The molecule has 140 valence electrons. The van der Waals surface area contributed by atoms with Gasteiger partial charge in [-0.1, -0.05) is 59.3 Å². The van der Waals surface area contributed by atoms with Gasteiger partial charge in [-0.2, -0.15) is 0 Å². The summed E-state index contributed by atoms with van der Waals surface area (Å²) in [6.07, 6.45) is 6.58. The lowest BCUT2D eigenvalue weighted by Gasteiger charge is -2.40. The first-order valence-electron chi connectivity index (χ1n) is 9.33. The van der Waals surface area contributed by atoms with Crippen LogP contribution in [0.15, 0.2) is 0 Å². The minimum Gasteiger partial charge on any atom is -0.415 e. The molecule has 7 heteroatoms. The summed E-state index contributed by atoms with van der Waals surface area (Å²) >= 11 is 0. The Morgan fingerprint density at radius 1 is 0.696 bits per heavy atom. The van der Waals surface area contributed by atoms with Crippen molar-refractivity contribution in [3.8, 4) is 0 Å². The molecule has 0 amide bonds. The first-order chi connectivity index (χ1) is 10.7. The smallest absolute Gasteiger partial charge is 0.325 e. The molecule has 0 aromatic carbocycles. The van der Waals surface area contributed by atoms with Crippen molar-refractivity contribution in [1.82, 2.24) is 0 Å². The quantitative estimate of drug-likeness (QED) is 0.417. The summed E-state index contributed by atoms with van der Waals surface area (Å²) in [6, 6.07) is 2.73. The maximum Gasteiger partial charge on any atom is 0.325 e. The molecule has 23 heavy (non-hydrogen) atoms. The third kappa shape index (κ3) is 10.2. The van der Waals surface area contributed by atoms with Gasteiger partial charge in [0.1, 0.15) is 0 Å². The average Bonchev–Trinajstić information content (AvgIpc) is 2.48. The predicted molar refractivity (Wildman–Crippen MR) is 105 cm³/mol. The van der Waals surface area contributed by atoms with Gasteiger partial charge in [0.25, 0.3) is 0 Å². The fraction of sp³-hybridized carbons (Fsp3) is 1.00. The second-order valence-corrected chi connectivity index (χ2v) is 17.6. The van der Waals surface area contributed by atoms with Gasteiger partial charge >= 0.3 is 25.7 Å². The van der Waals surface area contributed by atoms with E-state index in [1.807, 2.05) is 6.55 Å². The van der Waals surface area contributed by atoms with Crippen molar-refractivity contribution in [2.45, 2.75) is 97.1 Å². The maximum atomic E-state index is 10.8. The molecule has 4 nitrogen and oxygen atoms in total. The minimum absolute atomic E-state index is 0.793. The second kappa shape index (κ2) is 11.2. The summed E-state index contributed by atoms with van der Waals surface area (Å²) < 4.78 is 18.8. The molecular weight excluding hydrogens is 340 g/mol. The fourth-order valence-corrected chi connectivity index (χ4v) is 15.9. The van der Waals surface area contributed by atoms with E-state index in [9.17, 15) is 4.80 Å². The van der Waals surface area contributed by atoms with Gasteiger partial charge in [-0.05, 0) is 37.8 Å². The molecule has 0 radical (unpaired) electrons. The van der Waals surface area contributed by atoms with Gasteiger partial charge < -0.3 is 17.5 Å². The highest BCUT2D eigenvalue weighted by Crippen LogP contribution is 2.29. The van der Waals surface area contributed by atoms with Crippen LogP contribution in [-0.2, 0) is 12.7 Å². The molecule has 0 aromatic rings. The van der Waals surface area contributed by atoms with Crippen molar-refractivity contribution in [3.63, 3.8) is 0 Å². The molecule has 0 heterocycles. The average molecular weight is 381 g/mol. The van der Waals surface area contributed by atoms with Crippen molar-refractivity contribution in [2.24, 2.45) is 0 Å². The van der Waals surface area contributed by atoms with Crippen LogP contribution in [0.25, 0.3) is 0 Å². The largest absolute Gasteiger partial charge is 0.415 e. The third-order valence-corrected chi connectivity index (χ3v) is 15.9. The van der Waals surface area contributed by atoms with E-state index >= 15 is 0 Å². The SMILES string of the molecule is CCCC[Si](C)(O)O[Si](C)(CCCC)O[Si](C)(CCCC)OC. The van der Waals surface area contributed by atoms with E-state index in [0.29, 0.717) is 0 Å². The van der Waals surface area contributed by atoms with Crippen molar-refractivity contribution in [2.75, 3.05) is 7.11 Å². The van der Waals surface area contributed by atoms with Gasteiger partial charge in [0.05, 0.1) is 0 Å². The number of rotatable bonds is 14. The summed E-state index contributed by atoms with van der Waals surface area (Å²) in [4.78, 5) is 10.8. The fourth-order valence-electron chi connectivity index (χ4n) is 2.79. The number of hydrogen-bond acceptors (Lipinski definition) is 4. The van der Waals surface area contributed by atoms with Crippen molar-refractivity contribution < 1.29 is 17.5 Å². The molecule has 0 fully saturated rings. The van der Waals surface area contributed by atoms with Crippen LogP contribution < -0.4 is 0 Å². The van der Waals surface area contributed by atoms with Gasteiger partial charge in [0.2, 0.25) is 0 Å². The highest BCUT2D eigenvalue weighted by Gasteiger charge is 2.46. The van der Waals surface area contributed by atoms with Crippen LogP contribution in [0.5, 0.6) is 0 Å². The lowest BCUT2D eigenvalue weighted by Crippen LogP contribution is -2.56. The Bertz CT molecular complexity index is 318. The van der Waals surface area contributed by atoms with Crippen LogP contribution in [-0.4, -0.2) is 37.6 Å². The minimum atomic E-state index is -2.65. The molecule has 0 rings (SSSR count). The maximum absolute atomic E-state index is 10.8. The molecule has 3 atom stereocenters. The Morgan fingerprint density at radius 3 is 1.57 bits per heavy atom. The Morgan fingerprint density at radius 2 is 1.13 bits per heavy atom. The van der Waals surface area contributed by atoms with Gasteiger partial charge in [-0.15, -0.1) is 0 Å². The summed E-state index contributed by atoms with van der Waals surface area (Å²) in [5, 5.41) is 0. The van der Waals surface area contributed by atoms with E-state index in [4.69, 9.17) is 12.7 Å². The third-order valence-electron chi connectivity index (χ3n) is 4.26. The Kier molecular flexibility index (Phi) is 11.4. The zero-order valence-corrected chi connectivity index (χ0v) is 19.5. The summed E-state index contributed by atoms with van der Waals surface area (Å²) in [5.74, 6) is 0. The summed E-state index contributed by atoms with van der Waals surface area (Å²) in [5.41, 5.74) is 0. The molecule has 0 aromatic heterocycles. The monoisotopic (exact) mass is 380 g/mol. The van der Waals surface area contributed by atoms with Gasteiger partial charge in [0.15, 0.2) is 0 Å². The standard InChI is InChI=1S/C16H40O4Si3/c1-8-11-14-21(5,17)19-23(7,16-13-10-3)20-22(6,18-4)15-12-9-2/h17H,8-16H2,1-7H3. The molecule has 0 aliphatic rings. The van der Waals surface area contributed by atoms with Crippen molar-refractivity contribution in [1.29, 1.82) is 0 Å². The van der Waals surface area contributed by atoms with Crippen LogP contribution >= 0.6 is 0 Å². The Hall–Kier alpha value is 0.491. The van der Waals surface area contributed by atoms with E-state index in [-0.39, 0.29) is 0 Å². The van der Waals surface area contributed by atoms with Crippen molar-refractivity contribution >= 4 is 25.7 Å². The van der Waals surface area contributed by atoms with Crippen LogP contribution in [0.1, 0.15) is 59.3 Å². The number of hydrogen-bond donors (Lipinski definition) is 1. The number of unbranched alkanes of at least 4 members (excludes halogenated alkanes) is 3. The van der Waals surface area contributed by atoms with Gasteiger partial charge in [-0.25, -0.2) is 0 Å². The topological polar surface area (TPSA) is 47.9 Å². The van der Waals surface area contributed by atoms with E-state index in [1.54, 1.807) is 7.11 Å². The lowest BCUT2D eigenvalue weighted by atomic mass is 10.4. The summed E-state index contributed by atoms with van der Waals surface area (Å²) in [7, 11) is -5.51. The van der Waals surface area contributed by atoms with Crippen LogP contribution in [0, 0.1) is 0 Å². The Labute approximate surface area is 147 Å². The highest BCUT2D eigenvalue weighted by molar-refractivity contribution is 6.85. The Balaban J connectivity index is 5.06. The molecule has 0 bridgehead atoms. The lowest BCUT2D eigenvalue weighted by molar-refractivity contribution is 0.249. The zero-order chi connectivity index (χ0) is 18.0. The summed E-state index contributed by atoms with van der Waals surface area (Å²) in [6.45, 7) is 12.7. The van der Waals surface area contributed by atoms with Crippen LogP contribution in [0.3, 0.4) is 0 Å². The van der Waals surface area contributed by atoms with Crippen LogP contribution in [0.2, 0.25) is 37.8 Å². The molecule has 0 saturated heterocycles. The molecule has 1 N–H and O–H groups in total. The predicted octanol–water partition coefficient (Wildman–Crippen LogP) is 5.27. The molecule has 0 aliphatic heterocycles. The molecule has 0 saturated carbocycles. The first kappa shape index (κ1) is 23.5. The molecule has 0 aliphatic carbocycles. The first-order valence-corrected chi connectivity index (χ1v) is 16.9. The van der Waals surface area contributed by atoms with Gasteiger partial charge in [0, 0.05) is 7.11 Å². The van der Waals surface area contributed by atoms with Gasteiger partial charge in [-0.3, -0.25) is 0 Å². The van der Waals surface area contributed by atoms with Crippen LogP contribution in [0.4, 0.5) is 0 Å².